The van der Waals surface area contributed by atoms with Crippen LogP contribution in [-0.4, -0.2) is 60.2 Å². The molecule has 0 radical (unpaired) electrons. The minimum absolute atomic E-state index is 0.0945. The number of hydrogen-bond acceptors (Lipinski definition) is 8. The first-order chi connectivity index (χ1) is 17.8. The SMILES string of the molecule is O=S(=O)(OCCNCCCCOc1ccc(Cl)cc1Cl)SCCNCCCCOc1ccc(Cl)cc1Cl. The lowest BCUT2D eigenvalue weighted by Crippen LogP contribution is -2.23. The maximum Gasteiger partial charge on any atom is 0.322 e. The zero-order valence-electron chi connectivity index (χ0n) is 20.3. The Morgan fingerprint density at radius 1 is 0.676 bits per heavy atom. The lowest BCUT2D eigenvalue weighted by molar-refractivity contribution is 0.302. The van der Waals surface area contributed by atoms with Gasteiger partial charge < -0.3 is 20.1 Å². The molecule has 2 aromatic carbocycles. The summed E-state index contributed by atoms with van der Waals surface area (Å²) in [6, 6.07) is 10.2. The fraction of sp³-hybridized carbons (Fsp3) is 0.500. The van der Waals surface area contributed by atoms with Gasteiger partial charge in [-0.3, -0.25) is 4.18 Å². The molecule has 2 N–H and O–H groups in total. The quantitative estimate of drug-likeness (QED) is 0.126. The number of nitrogens with one attached hydrogen (secondary N) is 2. The molecule has 2 aromatic rings. The van der Waals surface area contributed by atoms with Crippen LogP contribution in [0.2, 0.25) is 20.1 Å². The molecule has 0 bridgehead atoms. The van der Waals surface area contributed by atoms with Gasteiger partial charge in [0.05, 0.1) is 29.9 Å². The van der Waals surface area contributed by atoms with Crippen molar-refractivity contribution in [3.63, 3.8) is 0 Å². The van der Waals surface area contributed by atoms with Gasteiger partial charge in [0, 0.05) is 28.9 Å². The normalized spacial score (nSPS) is 11.6. The predicted octanol–water partition coefficient (Wildman–Crippen LogP) is 6.49. The van der Waals surface area contributed by atoms with E-state index in [9.17, 15) is 8.42 Å². The summed E-state index contributed by atoms with van der Waals surface area (Å²) in [5.74, 6) is 1.63. The van der Waals surface area contributed by atoms with E-state index in [0.717, 1.165) is 49.6 Å². The second-order valence-corrected chi connectivity index (χ2v) is 13.1. The number of ether oxygens (including phenoxy) is 2. The Morgan fingerprint density at radius 3 is 1.70 bits per heavy atom. The smallest absolute Gasteiger partial charge is 0.322 e. The van der Waals surface area contributed by atoms with Crippen molar-refractivity contribution in [2.75, 3.05) is 51.8 Å². The van der Waals surface area contributed by atoms with Crippen molar-refractivity contribution in [1.29, 1.82) is 0 Å². The Bertz CT molecular complexity index is 972. The summed E-state index contributed by atoms with van der Waals surface area (Å²) in [5.41, 5.74) is 0. The van der Waals surface area contributed by atoms with Gasteiger partial charge in [-0.05, 0) is 86.0 Å². The van der Waals surface area contributed by atoms with Gasteiger partial charge >= 0.3 is 9.15 Å². The molecule has 0 heterocycles. The number of benzene rings is 2. The molecule has 0 aliphatic heterocycles. The lowest BCUT2D eigenvalue weighted by atomic mass is 10.3. The third-order valence-corrected chi connectivity index (χ3v) is 8.64. The maximum absolute atomic E-state index is 12.0. The third kappa shape index (κ3) is 14.9. The number of rotatable bonds is 20. The van der Waals surface area contributed by atoms with E-state index in [4.69, 9.17) is 60.1 Å². The summed E-state index contributed by atoms with van der Waals surface area (Å²) in [6.45, 7) is 3.68. The number of unbranched alkanes of at least 4 members (excludes halogenated alkanes) is 2. The van der Waals surface area contributed by atoms with E-state index in [1.54, 1.807) is 36.4 Å². The average Bonchev–Trinajstić information content (AvgIpc) is 2.84. The van der Waals surface area contributed by atoms with Gasteiger partial charge in [-0.15, -0.1) is 0 Å². The average molecular weight is 634 g/mol. The Balaban J connectivity index is 1.38. The third-order valence-electron chi connectivity index (χ3n) is 4.81. The molecule has 0 aliphatic rings. The first-order valence-electron chi connectivity index (χ1n) is 11.9. The van der Waals surface area contributed by atoms with E-state index in [1.807, 2.05) is 0 Å². The van der Waals surface area contributed by atoms with E-state index in [1.165, 1.54) is 0 Å². The summed E-state index contributed by atoms with van der Waals surface area (Å²) in [4.78, 5) is 0. The lowest BCUT2D eigenvalue weighted by Gasteiger charge is -2.09. The largest absolute Gasteiger partial charge is 0.492 e. The van der Waals surface area contributed by atoms with E-state index < -0.39 is 9.15 Å². The fourth-order valence-corrected chi connectivity index (χ4v) is 5.95. The Labute approximate surface area is 243 Å². The first kappa shape index (κ1) is 32.6. The molecule has 0 amide bonds. The summed E-state index contributed by atoms with van der Waals surface area (Å²) in [6.07, 6.45) is 3.44. The molecule has 0 unspecified atom stereocenters. The molecule has 0 saturated carbocycles. The van der Waals surface area contributed by atoms with Crippen molar-refractivity contribution in [3.8, 4) is 11.5 Å². The van der Waals surface area contributed by atoms with Crippen LogP contribution in [0.4, 0.5) is 0 Å². The summed E-state index contributed by atoms with van der Waals surface area (Å²) < 4.78 is 40.2. The molecular weight excluding hydrogens is 602 g/mol. The molecule has 0 aromatic heterocycles. The van der Waals surface area contributed by atoms with Crippen LogP contribution in [0.3, 0.4) is 0 Å². The molecule has 13 heteroatoms. The highest BCUT2D eigenvalue weighted by molar-refractivity contribution is 8.70. The topological polar surface area (TPSA) is 85.9 Å². The maximum atomic E-state index is 12.0. The Kier molecular flexibility index (Phi) is 16.4. The van der Waals surface area contributed by atoms with Crippen LogP contribution in [0.1, 0.15) is 25.7 Å². The number of hydrogen-bond donors (Lipinski definition) is 2. The van der Waals surface area contributed by atoms with E-state index in [0.29, 0.717) is 63.6 Å². The summed E-state index contributed by atoms with van der Waals surface area (Å²) >= 11 is 23.8. The molecular formula is C24H32Cl4N2O5S2. The minimum Gasteiger partial charge on any atom is -0.492 e. The number of halogens is 4. The van der Waals surface area contributed by atoms with Crippen LogP contribution >= 0.6 is 57.2 Å². The van der Waals surface area contributed by atoms with Crippen LogP contribution in [0.5, 0.6) is 11.5 Å². The second kappa shape index (κ2) is 18.6. The first-order valence-corrected chi connectivity index (χ1v) is 16.3. The molecule has 208 valence electrons. The Morgan fingerprint density at radius 2 is 1.19 bits per heavy atom. The van der Waals surface area contributed by atoms with Crippen LogP contribution in [0.15, 0.2) is 36.4 Å². The van der Waals surface area contributed by atoms with Gasteiger partial charge in [-0.2, -0.15) is 8.42 Å². The van der Waals surface area contributed by atoms with Crippen molar-refractivity contribution in [3.05, 3.63) is 56.5 Å². The molecule has 2 rings (SSSR count). The fourth-order valence-electron chi connectivity index (χ4n) is 2.97. The van der Waals surface area contributed by atoms with Crippen molar-refractivity contribution in [1.82, 2.24) is 10.6 Å². The van der Waals surface area contributed by atoms with Gasteiger partial charge in [0.25, 0.3) is 0 Å². The van der Waals surface area contributed by atoms with Crippen molar-refractivity contribution >= 4 is 66.3 Å². The monoisotopic (exact) mass is 632 g/mol. The zero-order chi connectivity index (χ0) is 26.9. The molecule has 37 heavy (non-hydrogen) atoms. The van der Waals surface area contributed by atoms with E-state index in [-0.39, 0.29) is 6.61 Å². The standard InChI is InChI=1S/C24H32Cl4N2O5S2/c25-19-5-7-23(21(27)17-19)33-13-3-1-9-29-11-15-35-37(31,32)36-16-12-30-10-2-4-14-34-24-8-6-20(26)18-22(24)28/h5-8,17-18,29-30H,1-4,9-16H2. The van der Waals surface area contributed by atoms with Gasteiger partial charge in [0.2, 0.25) is 0 Å². The Hall–Kier alpha value is -0.620. The van der Waals surface area contributed by atoms with Crippen LogP contribution in [0.25, 0.3) is 0 Å². The molecule has 0 spiro atoms. The zero-order valence-corrected chi connectivity index (χ0v) is 25.0. The molecule has 0 atom stereocenters. The van der Waals surface area contributed by atoms with E-state index >= 15 is 0 Å². The van der Waals surface area contributed by atoms with Crippen LogP contribution in [0, 0.1) is 0 Å². The molecule has 0 saturated heterocycles. The highest BCUT2D eigenvalue weighted by atomic mass is 35.5. The molecule has 7 nitrogen and oxygen atoms in total. The van der Waals surface area contributed by atoms with Gasteiger partial charge in [-0.25, -0.2) is 0 Å². The van der Waals surface area contributed by atoms with E-state index in [2.05, 4.69) is 10.6 Å². The second-order valence-electron chi connectivity index (χ2n) is 7.81. The van der Waals surface area contributed by atoms with Gasteiger partial charge in [-0.1, -0.05) is 46.4 Å². The molecule has 0 aliphatic carbocycles. The highest BCUT2D eigenvalue weighted by Gasteiger charge is 2.11. The van der Waals surface area contributed by atoms with Crippen molar-refractivity contribution in [2.24, 2.45) is 0 Å². The van der Waals surface area contributed by atoms with Crippen LogP contribution < -0.4 is 20.1 Å². The minimum atomic E-state index is -3.61. The van der Waals surface area contributed by atoms with Gasteiger partial charge in [0.15, 0.2) is 0 Å². The summed E-state index contributed by atoms with van der Waals surface area (Å²) in [5, 5.41) is 8.49. The van der Waals surface area contributed by atoms with Crippen LogP contribution in [-0.2, 0) is 13.3 Å². The highest BCUT2D eigenvalue weighted by Crippen LogP contribution is 2.28. The summed E-state index contributed by atoms with van der Waals surface area (Å²) in [7, 11) is -2.81. The van der Waals surface area contributed by atoms with Crippen molar-refractivity contribution in [2.45, 2.75) is 25.7 Å². The molecule has 0 fully saturated rings. The van der Waals surface area contributed by atoms with Gasteiger partial charge in [0.1, 0.15) is 11.5 Å². The predicted molar refractivity (Wildman–Crippen MR) is 155 cm³/mol. The van der Waals surface area contributed by atoms with Crippen molar-refractivity contribution < 1.29 is 22.1 Å².